The molecule has 1 aromatic carbocycles. The molecule has 0 radical (unpaired) electrons. The quantitative estimate of drug-likeness (QED) is 0.854. The topological polar surface area (TPSA) is 46.2 Å². The number of rotatable bonds is 4. The van der Waals surface area contributed by atoms with Crippen LogP contribution in [0.3, 0.4) is 0 Å². The van der Waals surface area contributed by atoms with Crippen molar-refractivity contribution in [1.82, 2.24) is 5.32 Å². The third kappa shape index (κ3) is 3.91. The molecule has 3 nitrogen and oxygen atoms in total. The van der Waals surface area contributed by atoms with Gasteiger partial charge in [0.25, 0.3) is 0 Å². The van der Waals surface area contributed by atoms with Gasteiger partial charge < -0.3 is 5.32 Å². The zero-order valence-corrected chi connectivity index (χ0v) is 12.5. The molecule has 0 saturated carbocycles. The first-order valence-corrected chi connectivity index (χ1v) is 7.97. The molecule has 7 heteroatoms. The smallest absolute Gasteiger partial charge is 0.149 e. The predicted octanol–water partition coefficient (Wildman–Crippen LogP) is 2.55. The van der Waals surface area contributed by atoms with E-state index < -0.39 is 21.7 Å². The van der Waals surface area contributed by atoms with E-state index in [0.717, 1.165) is 6.26 Å². The summed E-state index contributed by atoms with van der Waals surface area (Å²) in [6, 6.07) is 2.49. The minimum Gasteiger partial charge on any atom is -0.312 e. The van der Waals surface area contributed by atoms with Gasteiger partial charge in [-0.1, -0.05) is 17.7 Å². The van der Waals surface area contributed by atoms with Crippen LogP contribution >= 0.6 is 27.5 Å². The van der Waals surface area contributed by atoms with Crippen LogP contribution in [-0.4, -0.2) is 27.5 Å². The highest BCUT2D eigenvalue weighted by Crippen LogP contribution is 2.30. The Bertz CT molecular complexity index is 521. The minimum absolute atomic E-state index is 0.0451. The molecule has 96 valence electrons. The van der Waals surface area contributed by atoms with Gasteiger partial charge in [-0.2, -0.15) is 0 Å². The number of sulfone groups is 1. The summed E-state index contributed by atoms with van der Waals surface area (Å²) in [6.07, 6.45) is 1.11. The van der Waals surface area contributed by atoms with E-state index in [1.165, 1.54) is 6.07 Å². The van der Waals surface area contributed by atoms with Crippen LogP contribution in [0.2, 0.25) is 5.02 Å². The summed E-state index contributed by atoms with van der Waals surface area (Å²) in [5, 5.41) is 2.72. The summed E-state index contributed by atoms with van der Waals surface area (Å²) in [5.41, 5.74) is 0.242. The summed E-state index contributed by atoms with van der Waals surface area (Å²) in [4.78, 5) is 0. The van der Waals surface area contributed by atoms with Crippen molar-refractivity contribution in [1.29, 1.82) is 0 Å². The van der Waals surface area contributed by atoms with E-state index in [9.17, 15) is 12.8 Å². The summed E-state index contributed by atoms with van der Waals surface area (Å²) >= 11 is 8.86. The normalized spacial score (nSPS) is 13.7. The van der Waals surface area contributed by atoms with Crippen molar-refractivity contribution in [3.8, 4) is 0 Å². The number of halogens is 3. The van der Waals surface area contributed by atoms with Gasteiger partial charge in [0.15, 0.2) is 0 Å². The van der Waals surface area contributed by atoms with Crippen LogP contribution in [0.5, 0.6) is 0 Å². The van der Waals surface area contributed by atoms with E-state index in [2.05, 4.69) is 21.2 Å². The summed E-state index contributed by atoms with van der Waals surface area (Å²) in [7, 11) is -1.63. The summed E-state index contributed by atoms with van der Waals surface area (Å²) in [5.74, 6) is -0.790. The maximum absolute atomic E-state index is 13.9. The first-order chi connectivity index (χ1) is 7.76. The van der Waals surface area contributed by atoms with Gasteiger partial charge in [0.2, 0.25) is 0 Å². The maximum Gasteiger partial charge on any atom is 0.149 e. The highest BCUT2D eigenvalue weighted by Gasteiger charge is 2.21. The molecule has 17 heavy (non-hydrogen) atoms. The first kappa shape index (κ1) is 14.9. The fourth-order valence-corrected chi connectivity index (χ4v) is 2.87. The molecule has 0 spiro atoms. The molecule has 0 heterocycles. The van der Waals surface area contributed by atoms with E-state index >= 15 is 0 Å². The van der Waals surface area contributed by atoms with Crippen LogP contribution in [0.4, 0.5) is 4.39 Å². The van der Waals surface area contributed by atoms with Crippen LogP contribution in [0.1, 0.15) is 11.6 Å². The molecule has 1 aromatic rings. The van der Waals surface area contributed by atoms with Crippen molar-refractivity contribution >= 4 is 37.4 Å². The molecule has 0 bridgehead atoms. The van der Waals surface area contributed by atoms with Crippen molar-refractivity contribution in [3.05, 3.63) is 33.0 Å². The molecule has 0 amide bonds. The second-order valence-corrected chi connectivity index (χ2v) is 7.12. The number of nitrogens with one attached hydrogen (secondary N) is 1. The van der Waals surface area contributed by atoms with Gasteiger partial charge in [0.05, 0.1) is 10.8 Å². The predicted molar refractivity (Wildman–Crippen MR) is 70.6 cm³/mol. The number of benzene rings is 1. The molecule has 1 unspecified atom stereocenters. The molecular weight excluding hydrogens is 333 g/mol. The molecule has 0 fully saturated rings. The zero-order chi connectivity index (χ0) is 13.2. The lowest BCUT2D eigenvalue weighted by molar-refractivity contribution is 0.549. The summed E-state index contributed by atoms with van der Waals surface area (Å²) in [6.45, 7) is 0. The molecule has 0 saturated heterocycles. The fraction of sp³-hybridized carbons (Fsp3) is 0.400. The molecule has 0 aliphatic heterocycles. The van der Waals surface area contributed by atoms with Crippen molar-refractivity contribution in [3.63, 3.8) is 0 Å². The highest BCUT2D eigenvalue weighted by atomic mass is 79.9. The Morgan fingerprint density at radius 1 is 1.53 bits per heavy atom. The van der Waals surface area contributed by atoms with Crippen LogP contribution in [0, 0.1) is 5.82 Å². The van der Waals surface area contributed by atoms with E-state index in [1.807, 2.05) is 0 Å². The average Bonchev–Trinajstić information content (AvgIpc) is 2.22. The van der Waals surface area contributed by atoms with E-state index in [4.69, 9.17) is 11.6 Å². The Balaban J connectivity index is 3.18. The van der Waals surface area contributed by atoms with Crippen LogP contribution < -0.4 is 5.32 Å². The Labute approximate surface area is 113 Å². The van der Waals surface area contributed by atoms with Crippen molar-refractivity contribution in [2.24, 2.45) is 0 Å². The standard InChI is InChI=1S/C10H12BrClFNO2S/c1-14-8(5-17(2,15)16)6-3-4-7(11)9(12)10(6)13/h3-4,8,14H,5H2,1-2H3. The molecule has 0 aromatic heterocycles. The minimum atomic E-state index is -3.21. The molecule has 0 aliphatic rings. The molecular formula is C10H12BrClFNO2S. The van der Waals surface area contributed by atoms with Crippen molar-refractivity contribution in [2.75, 3.05) is 19.1 Å². The lowest BCUT2D eigenvalue weighted by atomic mass is 10.1. The van der Waals surface area contributed by atoms with Gasteiger partial charge in [-0.25, -0.2) is 12.8 Å². The lowest BCUT2D eigenvalue weighted by Gasteiger charge is -2.17. The molecule has 1 atom stereocenters. The molecule has 1 N–H and O–H groups in total. The van der Waals surface area contributed by atoms with Gasteiger partial charge in [-0.3, -0.25) is 0 Å². The van der Waals surface area contributed by atoms with Crippen molar-refractivity contribution in [2.45, 2.75) is 6.04 Å². The van der Waals surface area contributed by atoms with Gasteiger partial charge in [0.1, 0.15) is 15.7 Å². The van der Waals surface area contributed by atoms with Gasteiger partial charge in [-0.15, -0.1) is 0 Å². The Kier molecular flexibility index (Phi) is 4.95. The number of hydrogen-bond acceptors (Lipinski definition) is 3. The van der Waals surface area contributed by atoms with E-state index in [1.54, 1.807) is 13.1 Å². The van der Waals surface area contributed by atoms with Gasteiger partial charge in [0, 0.05) is 22.3 Å². The van der Waals surface area contributed by atoms with Crippen molar-refractivity contribution < 1.29 is 12.8 Å². The second-order valence-electron chi connectivity index (χ2n) is 3.70. The highest BCUT2D eigenvalue weighted by molar-refractivity contribution is 9.10. The van der Waals surface area contributed by atoms with E-state index in [-0.39, 0.29) is 16.3 Å². The monoisotopic (exact) mass is 343 g/mol. The third-order valence-corrected chi connectivity index (χ3v) is 4.46. The Morgan fingerprint density at radius 3 is 2.59 bits per heavy atom. The van der Waals surface area contributed by atoms with Gasteiger partial charge in [-0.05, 0) is 29.0 Å². The first-order valence-electron chi connectivity index (χ1n) is 4.74. The fourth-order valence-electron chi connectivity index (χ4n) is 1.44. The second kappa shape index (κ2) is 5.65. The van der Waals surface area contributed by atoms with Gasteiger partial charge >= 0.3 is 0 Å². The van der Waals surface area contributed by atoms with Crippen LogP contribution in [-0.2, 0) is 9.84 Å². The largest absolute Gasteiger partial charge is 0.312 e. The Hall–Kier alpha value is -0.170. The molecule has 1 rings (SSSR count). The average molecular weight is 345 g/mol. The van der Waals surface area contributed by atoms with E-state index in [0.29, 0.717) is 4.47 Å². The lowest BCUT2D eigenvalue weighted by Crippen LogP contribution is -2.25. The van der Waals surface area contributed by atoms with Crippen LogP contribution in [0.25, 0.3) is 0 Å². The maximum atomic E-state index is 13.9. The van der Waals surface area contributed by atoms with Crippen LogP contribution in [0.15, 0.2) is 16.6 Å². The third-order valence-electron chi connectivity index (χ3n) is 2.26. The molecule has 0 aliphatic carbocycles. The number of hydrogen-bond donors (Lipinski definition) is 1. The zero-order valence-electron chi connectivity index (χ0n) is 9.30. The summed E-state index contributed by atoms with van der Waals surface area (Å²) < 4.78 is 36.8. The Morgan fingerprint density at radius 2 is 2.12 bits per heavy atom. The SMILES string of the molecule is CNC(CS(C)(=O)=O)c1ccc(Br)c(Cl)c1F.